The van der Waals surface area contributed by atoms with Crippen molar-refractivity contribution in [3.8, 4) is 0 Å². The number of fused-ring (bicyclic) bond motifs is 1. The number of hydrogen-bond acceptors (Lipinski definition) is 2. The third kappa shape index (κ3) is 2.98. The van der Waals surface area contributed by atoms with E-state index in [2.05, 4.69) is 61.1 Å². The van der Waals surface area contributed by atoms with Crippen molar-refractivity contribution >= 4 is 32.7 Å². The molecule has 1 N–H and O–H groups in total. The lowest BCUT2D eigenvalue weighted by atomic mass is 10.0. The predicted molar refractivity (Wildman–Crippen MR) is 91.7 cm³/mol. The van der Waals surface area contributed by atoms with Crippen LogP contribution < -0.4 is 5.32 Å². The minimum atomic E-state index is 0.976. The summed E-state index contributed by atoms with van der Waals surface area (Å²) in [4.78, 5) is 4.86. The Labute approximate surface area is 130 Å². The number of aromatic nitrogens is 1. The second-order valence-corrected chi connectivity index (χ2v) is 6.17. The summed E-state index contributed by atoms with van der Waals surface area (Å²) < 4.78 is 1.20. The van der Waals surface area contributed by atoms with Crippen molar-refractivity contribution in [3.63, 3.8) is 0 Å². The fourth-order valence-electron chi connectivity index (χ4n) is 2.52. The van der Waals surface area contributed by atoms with Gasteiger partial charge in [-0.2, -0.15) is 0 Å². The summed E-state index contributed by atoms with van der Waals surface area (Å²) in [5, 5.41) is 4.73. The van der Waals surface area contributed by atoms with Gasteiger partial charge in [0.2, 0.25) is 0 Å². The average Bonchev–Trinajstić information content (AvgIpc) is 2.44. The summed E-state index contributed by atoms with van der Waals surface area (Å²) in [6.45, 7) is 9.65. The van der Waals surface area contributed by atoms with Gasteiger partial charge >= 0.3 is 0 Å². The minimum absolute atomic E-state index is 0.976. The maximum absolute atomic E-state index is 4.86. The summed E-state index contributed by atoms with van der Waals surface area (Å²) in [5.74, 6) is 1.06. The van der Waals surface area contributed by atoms with Crippen molar-refractivity contribution in [2.75, 3.05) is 11.9 Å². The Hall–Kier alpha value is -1.09. The van der Waals surface area contributed by atoms with Gasteiger partial charge in [-0.15, -0.1) is 0 Å². The molecule has 1 aromatic heterocycles. The van der Waals surface area contributed by atoms with Crippen LogP contribution in [0.4, 0.5) is 5.82 Å². The zero-order valence-electron chi connectivity index (χ0n) is 12.8. The summed E-state index contributed by atoms with van der Waals surface area (Å²) in [6.07, 6.45) is 3.32. The van der Waals surface area contributed by atoms with Crippen molar-refractivity contribution in [1.82, 2.24) is 4.98 Å². The van der Waals surface area contributed by atoms with Crippen LogP contribution in [0.1, 0.15) is 43.4 Å². The lowest BCUT2D eigenvalue weighted by Crippen LogP contribution is -2.06. The quantitative estimate of drug-likeness (QED) is 0.792. The Morgan fingerprint density at radius 2 is 1.90 bits per heavy atom. The average molecular weight is 335 g/mol. The lowest BCUT2D eigenvalue weighted by molar-refractivity contribution is 0.906. The van der Waals surface area contributed by atoms with Crippen LogP contribution in [0.15, 0.2) is 16.6 Å². The molecule has 0 fully saturated rings. The number of halogens is 1. The molecular formula is C17H23BrN2. The van der Waals surface area contributed by atoms with Crippen LogP contribution >= 0.6 is 15.9 Å². The molecule has 0 radical (unpaired) electrons. The summed E-state index contributed by atoms with van der Waals surface area (Å²) in [5.41, 5.74) is 4.94. The van der Waals surface area contributed by atoms with Gasteiger partial charge in [0.1, 0.15) is 5.82 Å². The summed E-state index contributed by atoms with van der Waals surface area (Å²) in [6, 6.07) is 4.47. The van der Waals surface area contributed by atoms with E-state index in [0.29, 0.717) is 0 Å². The van der Waals surface area contributed by atoms with Crippen molar-refractivity contribution in [1.29, 1.82) is 0 Å². The first-order valence-electron chi connectivity index (χ1n) is 7.41. The predicted octanol–water partition coefficient (Wildman–Crippen LogP) is 5.39. The van der Waals surface area contributed by atoms with E-state index in [4.69, 9.17) is 4.98 Å². The molecule has 1 aromatic carbocycles. The van der Waals surface area contributed by atoms with Crippen molar-refractivity contribution in [3.05, 3.63) is 33.3 Å². The summed E-state index contributed by atoms with van der Waals surface area (Å²) >= 11 is 3.68. The number of benzene rings is 1. The van der Waals surface area contributed by atoms with E-state index in [-0.39, 0.29) is 0 Å². The smallest absolute Gasteiger partial charge is 0.129 e. The molecule has 0 unspecified atom stereocenters. The first-order valence-corrected chi connectivity index (χ1v) is 8.21. The van der Waals surface area contributed by atoms with Crippen LogP contribution in [0.5, 0.6) is 0 Å². The van der Waals surface area contributed by atoms with Crippen LogP contribution in [0.3, 0.4) is 0 Å². The molecule has 0 atom stereocenters. The SMILES string of the molecule is CCCNc1nc2cc(C)c(Br)c(C)c2cc1CCC. The van der Waals surface area contributed by atoms with E-state index in [1.165, 1.54) is 26.5 Å². The van der Waals surface area contributed by atoms with Gasteiger partial charge in [-0.05, 0) is 55.5 Å². The molecule has 3 heteroatoms. The maximum Gasteiger partial charge on any atom is 0.129 e. The first kappa shape index (κ1) is 15.3. The summed E-state index contributed by atoms with van der Waals surface area (Å²) in [7, 11) is 0. The van der Waals surface area contributed by atoms with Crippen LogP contribution in [-0.4, -0.2) is 11.5 Å². The highest BCUT2D eigenvalue weighted by Crippen LogP contribution is 2.31. The number of nitrogens with one attached hydrogen (secondary N) is 1. The fraction of sp³-hybridized carbons (Fsp3) is 0.471. The molecule has 0 amide bonds. The number of anilines is 1. The highest BCUT2D eigenvalue weighted by Gasteiger charge is 2.11. The normalized spacial score (nSPS) is 11.1. The monoisotopic (exact) mass is 334 g/mol. The number of rotatable bonds is 5. The zero-order chi connectivity index (χ0) is 14.7. The Balaban J connectivity index is 2.61. The largest absolute Gasteiger partial charge is 0.370 e. The lowest BCUT2D eigenvalue weighted by Gasteiger charge is -2.14. The first-order chi connectivity index (χ1) is 9.58. The van der Waals surface area contributed by atoms with E-state index in [1.54, 1.807) is 0 Å². The molecule has 0 bridgehead atoms. The van der Waals surface area contributed by atoms with Crippen LogP contribution in [-0.2, 0) is 6.42 Å². The van der Waals surface area contributed by atoms with Gasteiger partial charge in [0.15, 0.2) is 0 Å². The Morgan fingerprint density at radius 1 is 1.15 bits per heavy atom. The Bertz CT molecular complexity index is 620. The molecule has 20 heavy (non-hydrogen) atoms. The highest BCUT2D eigenvalue weighted by molar-refractivity contribution is 9.10. The van der Waals surface area contributed by atoms with Gasteiger partial charge < -0.3 is 5.32 Å². The van der Waals surface area contributed by atoms with Crippen molar-refractivity contribution in [2.45, 2.75) is 47.0 Å². The number of aryl methyl sites for hydroxylation is 3. The third-order valence-corrected chi connectivity index (χ3v) is 4.85. The van der Waals surface area contributed by atoms with Crippen molar-refractivity contribution < 1.29 is 0 Å². The molecule has 0 aliphatic carbocycles. The molecule has 2 rings (SSSR count). The van der Waals surface area contributed by atoms with E-state index in [9.17, 15) is 0 Å². The topological polar surface area (TPSA) is 24.9 Å². The molecule has 0 aliphatic rings. The molecule has 0 saturated heterocycles. The molecular weight excluding hydrogens is 312 g/mol. The van der Waals surface area contributed by atoms with Gasteiger partial charge in [-0.3, -0.25) is 0 Å². The Kier molecular flexibility index (Phi) is 5.03. The second-order valence-electron chi connectivity index (χ2n) is 5.37. The van der Waals surface area contributed by atoms with E-state index < -0.39 is 0 Å². The van der Waals surface area contributed by atoms with Crippen molar-refractivity contribution in [2.24, 2.45) is 0 Å². The second kappa shape index (κ2) is 6.57. The van der Waals surface area contributed by atoms with E-state index in [0.717, 1.165) is 37.1 Å². The van der Waals surface area contributed by atoms with Gasteiger partial charge in [0, 0.05) is 16.4 Å². The van der Waals surface area contributed by atoms with E-state index in [1.807, 2.05) is 0 Å². The molecule has 0 aliphatic heterocycles. The van der Waals surface area contributed by atoms with E-state index >= 15 is 0 Å². The molecule has 2 aromatic rings. The fourth-order valence-corrected chi connectivity index (χ4v) is 2.85. The minimum Gasteiger partial charge on any atom is -0.370 e. The molecule has 2 nitrogen and oxygen atoms in total. The zero-order valence-corrected chi connectivity index (χ0v) is 14.4. The standard InChI is InChI=1S/C17H23BrN2/c1-5-7-13-10-14-12(4)16(18)11(3)9-15(14)20-17(13)19-8-6-2/h9-10H,5-8H2,1-4H3,(H,19,20). The number of nitrogens with zero attached hydrogens (tertiary/aromatic N) is 1. The van der Waals surface area contributed by atoms with Gasteiger partial charge in [0.25, 0.3) is 0 Å². The third-order valence-electron chi connectivity index (χ3n) is 3.63. The number of pyridine rings is 1. The molecule has 108 valence electrons. The highest BCUT2D eigenvalue weighted by atomic mass is 79.9. The molecule has 0 spiro atoms. The van der Waals surface area contributed by atoms with Gasteiger partial charge in [-0.25, -0.2) is 4.98 Å². The van der Waals surface area contributed by atoms with Crippen LogP contribution in [0.25, 0.3) is 10.9 Å². The molecule has 1 heterocycles. The Morgan fingerprint density at radius 3 is 2.55 bits per heavy atom. The molecule has 0 saturated carbocycles. The number of hydrogen-bond donors (Lipinski definition) is 1. The maximum atomic E-state index is 4.86. The van der Waals surface area contributed by atoms with Gasteiger partial charge in [0.05, 0.1) is 5.52 Å². The van der Waals surface area contributed by atoms with Crippen LogP contribution in [0, 0.1) is 13.8 Å². The van der Waals surface area contributed by atoms with Crippen LogP contribution in [0.2, 0.25) is 0 Å². The van der Waals surface area contributed by atoms with Gasteiger partial charge in [-0.1, -0.05) is 36.2 Å².